The molecule has 0 bridgehead atoms. The highest BCUT2D eigenvalue weighted by Gasteiger charge is 2.04. The summed E-state index contributed by atoms with van der Waals surface area (Å²) in [6, 6.07) is 11.7. The van der Waals surface area contributed by atoms with Crippen molar-refractivity contribution >= 4 is 0 Å². The number of aromatic nitrogens is 1. The highest BCUT2D eigenvalue weighted by Crippen LogP contribution is 2.01. The van der Waals surface area contributed by atoms with Crippen LogP contribution in [0.4, 0.5) is 0 Å². The van der Waals surface area contributed by atoms with Gasteiger partial charge in [-0.1, -0.05) is 35.5 Å². The molecule has 5 heteroatoms. The van der Waals surface area contributed by atoms with Gasteiger partial charge in [0.15, 0.2) is 0 Å². The zero-order valence-electron chi connectivity index (χ0n) is 10.7. The van der Waals surface area contributed by atoms with E-state index in [9.17, 15) is 5.11 Å². The fourth-order valence-corrected chi connectivity index (χ4v) is 1.64. The zero-order chi connectivity index (χ0) is 13.3. The molecule has 0 saturated heterocycles. The molecule has 1 unspecified atom stereocenters. The second-order valence-corrected chi connectivity index (χ2v) is 4.28. The molecule has 0 fully saturated rings. The van der Waals surface area contributed by atoms with Gasteiger partial charge >= 0.3 is 0 Å². The Morgan fingerprint density at radius 3 is 2.84 bits per heavy atom. The summed E-state index contributed by atoms with van der Waals surface area (Å²) in [5.74, 6) is 0. The first kappa shape index (κ1) is 13.7. The molecule has 2 rings (SSSR count). The second kappa shape index (κ2) is 7.68. The van der Waals surface area contributed by atoms with Crippen LogP contribution in [0.1, 0.15) is 11.3 Å². The van der Waals surface area contributed by atoms with Crippen LogP contribution in [-0.2, 0) is 17.9 Å². The van der Waals surface area contributed by atoms with Crippen molar-refractivity contribution in [2.24, 2.45) is 0 Å². The Bertz CT molecular complexity index is 445. The summed E-state index contributed by atoms with van der Waals surface area (Å²) in [5, 5.41) is 16.6. The summed E-state index contributed by atoms with van der Waals surface area (Å²) in [5.41, 5.74) is 1.92. The number of aliphatic hydroxyl groups excluding tert-OH is 1. The maximum atomic E-state index is 9.72. The van der Waals surface area contributed by atoms with Crippen molar-refractivity contribution in [2.45, 2.75) is 19.3 Å². The Hall–Kier alpha value is -1.69. The Labute approximate surface area is 112 Å². The molecular formula is C14H18N2O3. The van der Waals surface area contributed by atoms with Gasteiger partial charge in [-0.3, -0.25) is 0 Å². The molecule has 0 aliphatic carbocycles. The number of ether oxygens (including phenoxy) is 1. The molecule has 19 heavy (non-hydrogen) atoms. The lowest BCUT2D eigenvalue weighted by Crippen LogP contribution is -2.30. The van der Waals surface area contributed by atoms with Crippen LogP contribution in [0.15, 0.2) is 47.2 Å². The summed E-state index contributed by atoms with van der Waals surface area (Å²) in [7, 11) is 0. The van der Waals surface area contributed by atoms with Crippen LogP contribution in [0.2, 0.25) is 0 Å². The first-order chi connectivity index (χ1) is 9.34. The first-order valence-electron chi connectivity index (χ1n) is 6.24. The van der Waals surface area contributed by atoms with E-state index in [0.29, 0.717) is 26.3 Å². The summed E-state index contributed by atoms with van der Waals surface area (Å²) < 4.78 is 10.2. The quantitative estimate of drug-likeness (QED) is 0.751. The predicted octanol–water partition coefficient (Wildman–Crippen LogP) is 1.34. The van der Waals surface area contributed by atoms with E-state index >= 15 is 0 Å². The Morgan fingerprint density at radius 1 is 1.26 bits per heavy atom. The minimum atomic E-state index is -0.532. The fraction of sp³-hybridized carbons (Fsp3) is 0.357. The van der Waals surface area contributed by atoms with Crippen LogP contribution in [0.5, 0.6) is 0 Å². The summed E-state index contributed by atoms with van der Waals surface area (Å²) in [6.07, 6.45) is 0.992. The van der Waals surface area contributed by atoms with Crippen molar-refractivity contribution < 1.29 is 14.4 Å². The second-order valence-electron chi connectivity index (χ2n) is 4.28. The average molecular weight is 262 g/mol. The molecule has 1 atom stereocenters. The number of hydrogen-bond donors (Lipinski definition) is 2. The number of nitrogens with one attached hydrogen (secondary N) is 1. The third-order valence-corrected chi connectivity index (χ3v) is 2.60. The van der Waals surface area contributed by atoms with Crippen LogP contribution < -0.4 is 5.32 Å². The monoisotopic (exact) mass is 262 g/mol. The molecule has 102 valence electrons. The van der Waals surface area contributed by atoms with Gasteiger partial charge < -0.3 is 19.7 Å². The molecule has 1 aromatic carbocycles. The van der Waals surface area contributed by atoms with Gasteiger partial charge in [0, 0.05) is 19.2 Å². The van der Waals surface area contributed by atoms with E-state index in [1.165, 1.54) is 6.26 Å². The van der Waals surface area contributed by atoms with Gasteiger partial charge in [-0.25, -0.2) is 0 Å². The number of benzene rings is 1. The highest BCUT2D eigenvalue weighted by atomic mass is 16.5. The van der Waals surface area contributed by atoms with Crippen molar-refractivity contribution in [3.8, 4) is 0 Å². The Morgan fingerprint density at radius 2 is 2.11 bits per heavy atom. The topological polar surface area (TPSA) is 67.5 Å². The highest BCUT2D eigenvalue weighted by molar-refractivity contribution is 5.13. The van der Waals surface area contributed by atoms with Gasteiger partial charge in [0.05, 0.1) is 25.0 Å². The fourth-order valence-electron chi connectivity index (χ4n) is 1.64. The Kier molecular flexibility index (Phi) is 5.55. The molecule has 5 nitrogen and oxygen atoms in total. The molecule has 2 N–H and O–H groups in total. The molecule has 0 aliphatic heterocycles. The average Bonchev–Trinajstić information content (AvgIpc) is 2.93. The number of rotatable bonds is 8. The van der Waals surface area contributed by atoms with E-state index in [-0.39, 0.29) is 0 Å². The first-order valence-corrected chi connectivity index (χ1v) is 6.24. The van der Waals surface area contributed by atoms with Gasteiger partial charge in [-0.2, -0.15) is 0 Å². The zero-order valence-corrected chi connectivity index (χ0v) is 10.7. The van der Waals surface area contributed by atoms with Crippen molar-refractivity contribution in [3.63, 3.8) is 0 Å². The summed E-state index contributed by atoms with van der Waals surface area (Å²) in [6.45, 7) is 1.86. The SMILES string of the molecule is OC(CNCc1ccon1)COCc1ccccc1. The lowest BCUT2D eigenvalue weighted by molar-refractivity contribution is 0.0287. The third-order valence-electron chi connectivity index (χ3n) is 2.60. The standard InChI is InChI=1S/C14H18N2O3/c17-14(9-15-8-13-6-7-19-16-13)11-18-10-12-4-2-1-3-5-12/h1-7,14-15,17H,8-11H2. The lowest BCUT2D eigenvalue weighted by atomic mass is 10.2. The van der Waals surface area contributed by atoms with Gasteiger partial charge in [0.2, 0.25) is 0 Å². The van der Waals surface area contributed by atoms with Crippen molar-refractivity contribution in [2.75, 3.05) is 13.2 Å². The maximum Gasteiger partial charge on any atom is 0.124 e. The molecule has 1 aromatic heterocycles. The normalized spacial score (nSPS) is 12.5. The summed E-state index contributed by atoms with van der Waals surface area (Å²) in [4.78, 5) is 0. The molecule has 0 saturated carbocycles. The lowest BCUT2D eigenvalue weighted by Gasteiger charge is -2.11. The molecule has 2 aromatic rings. The van der Waals surface area contributed by atoms with Gasteiger partial charge in [-0.05, 0) is 5.56 Å². The molecule has 1 heterocycles. The minimum Gasteiger partial charge on any atom is -0.389 e. The number of aliphatic hydroxyl groups is 1. The van der Waals surface area contributed by atoms with Crippen LogP contribution in [0.3, 0.4) is 0 Å². The van der Waals surface area contributed by atoms with Crippen molar-refractivity contribution in [1.82, 2.24) is 10.5 Å². The van der Waals surface area contributed by atoms with Crippen LogP contribution in [-0.4, -0.2) is 29.5 Å². The largest absolute Gasteiger partial charge is 0.389 e. The van der Waals surface area contributed by atoms with E-state index in [2.05, 4.69) is 10.5 Å². The van der Waals surface area contributed by atoms with E-state index in [1.807, 2.05) is 30.3 Å². The van der Waals surface area contributed by atoms with E-state index in [0.717, 1.165) is 11.3 Å². The Balaban J connectivity index is 1.56. The van der Waals surface area contributed by atoms with Crippen LogP contribution >= 0.6 is 0 Å². The van der Waals surface area contributed by atoms with Gasteiger partial charge in [0.1, 0.15) is 6.26 Å². The van der Waals surface area contributed by atoms with Gasteiger partial charge in [-0.15, -0.1) is 0 Å². The minimum absolute atomic E-state index is 0.306. The summed E-state index contributed by atoms with van der Waals surface area (Å²) >= 11 is 0. The molecule has 0 radical (unpaired) electrons. The van der Waals surface area contributed by atoms with E-state index < -0.39 is 6.10 Å². The molecule has 0 spiro atoms. The maximum absolute atomic E-state index is 9.72. The van der Waals surface area contributed by atoms with Crippen molar-refractivity contribution in [3.05, 3.63) is 53.9 Å². The number of hydrogen-bond acceptors (Lipinski definition) is 5. The van der Waals surface area contributed by atoms with Crippen LogP contribution in [0, 0.1) is 0 Å². The molecular weight excluding hydrogens is 244 g/mol. The third kappa shape index (κ3) is 5.21. The van der Waals surface area contributed by atoms with E-state index in [4.69, 9.17) is 9.26 Å². The number of nitrogens with zero attached hydrogens (tertiary/aromatic N) is 1. The predicted molar refractivity (Wildman–Crippen MR) is 70.3 cm³/mol. The van der Waals surface area contributed by atoms with Crippen molar-refractivity contribution in [1.29, 1.82) is 0 Å². The smallest absolute Gasteiger partial charge is 0.124 e. The molecule has 0 aliphatic rings. The van der Waals surface area contributed by atoms with Crippen LogP contribution in [0.25, 0.3) is 0 Å². The van der Waals surface area contributed by atoms with Gasteiger partial charge in [0.25, 0.3) is 0 Å². The van der Waals surface area contributed by atoms with E-state index in [1.54, 1.807) is 6.07 Å². The molecule has 0 amide bonds.